The maximum Gasteiger partial charge on any atom is 0.226 e. The Morgan fingerprint density at radius 3 is 3.09 bits per heavy atom. The molecule has 0 fully saturated rings. The van der Waals surface area contributed by atoms with E-state index in [1.807, 2.05) is 31.0 Å². The highest BCUT2D eigenvalue weighted by Gasteiger charge is 2.28. The molecule has 22 heavy (non-hydrogen) atoms. The lowest BCUT2D eigenvalue weighted by atomic mass is 9.87. The summed E-state index contributed by atoms with van der Waals surface area (Å²) in [4.78, 5) is 14.4. The van der Waals surface area contributed by atoms with E-state index in [0.717, 1.165) is 24.8 Å². The van der Waals surface area contributed by atoms with Crippen LogP contribution in [0.5, 0.6) is 5.75 Å². The highest BCUT2D eigenvalue weighted by molar-refractivity contribution is 5.79. The van der Waals surface area contributed by atoms with Crippen molar-refractivity contribution in [1.29, 1.82) is 0 Å². The molecule has 0 saturated carbocycles. The first-order valence-corrected chi connectivity index (χ1v) is 7.57. The summed E-state index contributed by atoms with van der Waals surface area (Å²) in [7, 11) is 3.76. The van der Waals surface area contributed by atoms with Gasteiger partial charge < -0.3 is 10.0 Å². The van der Waals surface area contributed by atoms with Crippen molar-refractivity contribution in [3.05, 3.63) is 47.3 Å². The van der Waals surface area contributed by atoms with Gasteiger partial charge in [0, 0.05) is 38.7 Å². The van der Waals surface area contributed by atoms with Crippen molar-refractivity contribution in [3.8, 4) is 5.75 Å². The first kappa shape index (κ1) is 14.6. The maximum atomic E-state index is 12.7. The number of benzene rings is 1. The van der Waals surface area contributed by atoms with E-state index in [0.29, 0.717) is 6.54 Å². The zero-order chi connectivity index (χ0) is 15.7. The highest BCUT2D eigenvalue weighted by atomic mass is 16.3. The van der Waals surface area contributed by atoms with E-state index in [2.05, 4.69) is 5.10 Å². The van der Waals surface area contributed by atoms with Crippen LogP contribution in [0, 0.1) is 5.92 Å². The van der Waals surface area contributed by atoms with Gasteiger partial charge in [0.2, 0.25) is 5.91 Å². The monoisotopic (exact) mass is 299 g/mol. The zero-order valence-corrected chi connectivity index (χ0v) is 13.0. The summed E-state index contributed by atoms with van der Waals surface area (Å²) in [5.74, 6) is 0.413. The Balaban J connectivity index is 1.68. The minimum atomic E-state index is 0.0187. The third kappa shape index (κ3) is 2.84. The fraction of sp³-hybridized carbons (Fsp3) is 0.412. The smallest absolute Gasteiger partial charge is 0.226 e. The van der Waals surface area contributed by atoms with Crippen LogP contribution in [0.1, 0.15) is 23.2 Å². The molecule has 116 valence electrons. The molecule has 1 aliphatic carbocycles. The van der Waals surface area contributed by atoms with Crippen LogP contribution in [0.15, 0.2) is 30.5 Å². The molecule has 1 amide bonds. The molecule has 0 radical (unpaired) electrons. The second-order valence-electron chi connectivity index (χ2n) is 6.04. The lowest BCUT2D eigenvalue weighted by molar-refractivity contribution is -0.135. The number of aromatic hydroxyl groups is 1. The van der Waals surface area contributed by atoms with E-state index in [1.54, 1.807) is 23.1 Å². The van der Waals surface area contributed by atoms with Crippen molar-refractivity contribution in [3.63, 3.8) is 0 Å². The van der Waals surface area contributed by atoms with Gasteiger partial charge in [-0.25, -0.2) is 0 Å². The number of carbonyl (C=O) groups is 1. The first-order valence-electron chi connectivity index (χ1n) is 7.57. The summed E-state index contributed by atoms with van der Waals surface area (Å²) >= 11 is 0. The Labute approximate surface area is 130 Å². The summed E-state index contributed by atoms with van der Waals surface area (Å²) in [5, 5.41) is 13.8. The van der Waals surface area contributed by atoms with E-state index in [-0.39, 0.29) is 17.6 Å². The molecule has 5 heteroatoms. The van der Waals surface area contributed by atoms with E-state index < -0.39 is 0 Å². The van der Waals surface area contributed by atoms with Gasteiger partial charge in [-0.3, -0.25) is 9.48 Å². The second-order valence-corrected chi connectivity index (χ2v) is 6.04. The van der Waals surface area contributed by atoms with Crippen LogP contribution in [0.25, 0.3) is 0 Å². The molecule has 1 heterocycles. The number of nitrogens with zero attached hydrogens (tertiary/aromatic N) is 3. The van der Waals surface area contributed by atoms with Gasteiger partial charge in [0.1, 0.15) is 5.75 Å². The number of phenolic OH excluding ortho intramolecular Hbond substituents is 1. The molecule has 1 unspecified atom stereocenters. The minimum absolute atomic E-state index is 0.0187. The fourth-order valence-corrected chi connectivity index (χ4v) is 3.17. The number of hydrogen-bond donors (Lipinski definition) is 1. The van der Waals surface area contributed by atoms with Gasteiger partial charge in [-0.2, -0.15) is 5.10 Å². The fourth-order valence-electron chi connectivity index (χ4n) is 3.17. The molecule has 0 spiro atoms. The minimum Gasteiger partial charge on any atom is -0.508 e. The molecule has 1 aromatic carbocycles. The third-order valence-electron chi connectivity index (χ3n) is 4.41. The van der Waals surface area contributed by atoms with Crippen LogP contribution in [0.4, 0.5) is 0 Å². The van der Waals surface area contributed by atoms with Crippen molar-refractivity contribution >= 4 is 5.91 Å². The predicted octanol–water partition coefficient (Wildman–Crippen LogP) is 1.89. The van der Waals surface area contributed by atoms with E-state index in [4.69, 9.17) is 0 Å². The van der Waals surface area contributed by atoms with Gasteiger partial charge in [-0.15, -0.1) is 0 Å². The van der Waals surface area contributed by atoms with Crippen molar-refractivity contribution < 1.29 is 9.90 Å². The third-order valence-corrected chi connectivity index (χ3v) is 4.41. The lowest BCUT2D eigenvalue weighted by Crippen LogP contribution is -2.35. The number of amides is 1. The number of hydrogen-bond acceptors (Lipinski definition) is 3. The molecular weight excluding hydrogens is 278 g/mol. The van der Waals surface area contributed by atoms with Crippen molar-refractivity contribution in [2.75, 3.05) is 7.05 Å². The number of rotatable bonds is 3. The lowest BCUT2D eigenvalue weighted by Gasteiger charge is -2.27. The van der Waals surface area contributed by atoms with Crippen LogP contribution in [-0.2, 0) is 31.2 Å². The number of fused-ring (bicyclic) bond motifs is 1. The van der Waals surface area contributed by atoms with Gasteiger partial charge in [0.25, 0.3) is 0 Å². The summed E-state index contributed by atoms with van der Waals surface area (Å²) in [5.41, 5.74) is 3.38. The summed E-state index contributed by atoms with van der Waals surface area (Å²) in [6.07, 6.45) is 4.46. The van der Waals surface area contributed by atoms with Gasteiger partial charge in [-0.05, 0) is 36.1 Å². The SMILES string of the molecule is CN(Cc1cccc(O)c1)C(=O)C1CCc2cnn(C)c2C1. The Morgan fingerprint density at radius 2 is 2.32 bits per heavy atom. The van der Waals surface area contributed by atoms with Crippen LogP contribution in [0.3, 0.4) is 0 Å². The summed E-state index contributed by atoms with van der Waals surface area (Å²) in [6.45, 7) is 0.516. The van der Waals surface area contributed by atoms with E-state index >= 15 is 0 Å². The molecule has 1 aliphatic rings. The molecule has 1 N–H and O–H groups in total. The summed E-state index contributed by atoms with van der Waals surface area (Å²) in [6, 6.07) is 7.05. The number of aryl methyl sites for hydroxylation is 2. The standard InChI is InChI=1S/C17H21N3O2/c1-19(11-12-4-3-5-15(21)8-12)17(22)13-6-7-14-10-18-20(2)16(14)9-13/h3-5,8,10,13,21H,6-7,9,11H2,1-2H3. The highest BCUT2D eigenvalue weighted by Crippen LogP contribution is 2.26. The van der Waals surface area contributed by atoms with Crippen LogP contribution in [-0.4, -0.2) is 32.7 Å². The molecule has 0 aliphatic heterocycles. The molecule has 5 nitrogen and oxygen atoms in total. The molecular formula is C17H21N3O2. The molecule has 3 rings (SSSR count). The van der Waals surface area contributed by atoms with Gasteiger partial charge in [-0.1, -0.05) is 12.1 Å². The maximum absolute atomic E-state index is 12.7. The van der Waals surface area contributed by atoms with E-state index in [1.165, 1.54) is 11.3 Å². The van der Waals surface area contributed by atoms with Gasteiger partial charge in [0.15, 0.2) is 0 Å². The average Bonchev–Trinajstić information content (AvgIpc) is 2.87. The molecule has 0 bridgehead atoms. The average molecular weight is 299 g/mol. The van der Waals surface area contributed by atoms with Crippen molar-refractivity contribution in [1.82, 2.24) is 14.7 Å². The van der Waals surface area contributed by atoms with Gasteiger partial charge >= 0.3 is 0 Å². The zero-order valence-electron chi connectivity index (χ0n) is 13.0. The molecule has 1 atom stereocenters. The van der Waals surface area contributed by atoms with Crippen LogP contribution in [0.2, 0.25) is 0 Å². The largest absolute Gasteiger partial charge is 0.508 e. The normalized spacial score (nSPS) is 17.1. The Morgan fingerprint density at radius 1 is 1.50 bits per heavy atom. The number of aromatic nitrogens is 2. The topological polar surface area (TPSA) is 58.4 Å². The Bertz CT molecular complexity index is 693. The predicted molar refractivity (Wildman–Crippen MR) is 83.3 cm³/mol. The Hall–Kier alpha value is -2.30. The first-order chi connectivity index (χ1) is 10.5. The summed E-state index contributed by atoms with van der Waals surface area (Å²) < 4.78 is 1.88. The van der Waals surface area contributed by atoms with E-state index in [9.17, 15) is 9.90 Å². The van der Waals surface area contributed by atoms with Crippen molar-refractivity contribution in [2.24, 2.45) is 13.0 Å². The number of carbonyl (C=O) groups excluding carboxylic acids is 1. The van der Waals surface area contributed by atoms with Crippen LogP contribution < -0.4 is 0 Å². The molecule has 1 aromatic heterocycles. The second kappa shape index (κ2) is 5.83. The van der Waals surface area contributed by atoms with Crippen molar-refractivity contribution in [2.45, 2.75) is 25.8 Å². The molecule has 0 saturated heterocycles. The van der Waals surface area contributed by atoms with Crippen LogP contribution >= 0.6 is 0 Å². The Kier molecular flexibility index (Phi) is 3.88. The van der Waals surface area contributed by atoms with Gasteiger partial charge in [0.05, 0.1) is 6.20 Å². The number of phenols is 1. The quantitative estimate of drug-likeness (QED) is 0.941. The molecule has 2 aromatic rings.